The van der Waals surface area contributed by atoms with E-state index < -0.39 is 0 Å². The van der Waals surface area contributed by atoms with Crippen LogP contribution in [-0.2, 0) is 4.74 Å². The molecule has 2 heteroatoms. The Hall–Kier alpha value is 0.250. The van der Waals surface area contributed by atoms with Gasteiger partial charge in [0.25, 0.3) is 0 Å². The Morgan fingerprint density at radius 1 is 1.86 bits per heavy atom. The van der Waals surface area contributed by atoms with Gasteiger partial charge in [0.1, 0.15) is 6.61 Å². The molecule has 0 bridgehead atoms. The predicted octanol–water partition coefficient (Wildman–Crippen LogP) is 1.81. The summed E-state index contributed by atoms with van der Waals surface area (Å²) < 4.78 is 4.64. The molecule has 0 aromatic carbocycles. The number of ether oxygens (including phenoxy) is 1. The highest BCUT2D eigenvalue weighted by Crippen LogP contribution is 2.03. The number of halogens is 1. The van der Waals surface area contributed by atoms with E-state index in [9.17, 15) is 0 Å². The molecule has 0 saturated carbocycles. The fourth-order valence-corrected chi connectivity index (χ4v) is 0.347. The van der Waals surface area contributed by atoms with Crippen molar-refractivity contribution >= 4 is 11.6 Å². The summed E-state index contributed by atoms with van der Waals surface area (Å²) in [5, 5.41) is 0.0741. The Kier molecular flexibility index (Phi) is 4.57. The van der Waals surface area contributed by atoms with Crippen LogP contribution in [0.2, 0.25) is 0 Å². The van der Waals surface area contributed by atoms with Crippen LogP contribution >= 0.6 is 11.6 Å². The molecule has 43 valence electrons. The van der Waals surface area contributed by atoms with E-state index in [0.29, 0.717) is 0 Å². The Morgan fingerprint density at radius 2 is 2.43 bits per heavy atom. The monoisotopic (exact) mass is 121 g/mol. The molecule has 0 aliphatic heterocycles. The van der Waals surface area contributed by atoms with Gasteiger partial charge < -0.3 is 4.74 Å². The quantitative estimate of drug-likeness (QED) is 0.518. The van der Waals surface area contributed by atoms with Crippen LogP contribution in [0.25, 0.3) is 0 Å². The fraction of sp³-hybridized carbons (Fsp3) is 0.800. The molecular formula is C5H10ClO. The van der Waals surface area contributed by atoms with Crippen LogP contribution in [0.15, 0.2) is 0 Å². The van der Waals surface area contributed by atoms with Gasteiger partial charge in [-0.3, -0.25) is 0 Å². The minimum Gasteiger partial charge on any atom is -0.377 e. The average molecular weight is 122 g/mol. The normalized spacial score (nSPS) is 14.1. The number of rotatable bonds is 3. The molecule has 0 saturated heterocycles. The van der Waals surface area contributed by atoms with Gasteiger partial charge in [-0.05, 0) is 6.42 Å². The maximum absolute atomic E-state index is 5.58. The molecule has 0 heterocycles. The molecule has 0 rings (SSSR count). The molecule has 7 heavy (non-hydrogen) atoms. The first-order valence-corrected chi connectivity index (χ1v) is 2.75. The molecule has 0 aliphatic rings. The summed E-state index contributed by atoms with van der Waals surface area (Å²) in [6, 6.07) is 0. The number of alkyl halides is 1. The van der Waals surface area contributed by atoms with Crippen LogP contribution in [0.3, 0.4) is 0 Å². The van der Waals surface area contributed by atoms with Crippen molar-refractivity contribution < 1.29 is 4.74 Å². The van der Waals surface area contributed by atoms with E-state index in [4.69, 9.17) is 11.6 Å². The highest BCUT2D eigenvalue weighted by Gasteiger charge is 1.97. The van der Waals surface area contributed by atoms with Crippen LogP contribution < -0.4 is 0 Å². The van der Waals surface area contributed by atoms with Crippen LogP contribution in [0, 0.1) is 6.61 Å². The SMILES string of the molecule is CCC(Cl)[CH]OC. The Labute approximate surface area is 49.6 Å². The predicted molar refractivity (Wildman–Crippen MR) is 31.2 cm³/mol. The number of hydrogen-bond acceptors (Lipinski definition) is 1. The lowest BCUT2D eigenvalue weighted by atomic mass is 10.3. The van der Waals surface area contributed by atoms with Crippen molar-refractivity contribution in [2.45, 2.75) is 18.7 Å². The highest BCUT2D eigenvalue weighted by molar-refractivity contribution is 6.21. The fourth-order valence-electron chi connectivity index (χ4n) is 0.244. The van der Waals surface area contributed by atoms with Crippen molar-refractivity contribution in [2.75, 3.05) is 7.11 Å². The van der Waals surface area contributed by atoms with E-state index in [2.05, 4.69) is 4.74 Å². The van der Waals surface area contributed by atoms with E-state index in [-0.39, 0.29) is 5.38 Å². The molecule has 1 atom stereocenters. The standard InChI is InChI=1S/C5H10ClO/c1-3-5(6)4-7-2/h4-5H,3H2,1-2H3. The van der Waals surface area contributed by atoms with Gasteiger partial charge >= 0.3 is 0 Å². The Balaban J connectivity index is 2.83. The molecule has 1 unspecified atom stereocenters. The van der Waals surface area contributed by atoms with Gasteiger partial charge in [0.05, 0.1) is 5.38 Å². The van der Waals surface area contributed by atoms with E-state index in [1.807, 2.05) is 6.92 Å². The van der Waals surface area contributed by atoms with Gasteiger partial charge in [-0.1, -0.05) is 6.92 Å². The smallest absolute Gasteiger partial charge is 0.101 e. The first kappa shape index (κ1) is 7.25. The topological polar surface area (TPSA) is 9.23 Å². The summed E-state index contributed by atoms with van der Waals surface area (Å²) >= 11 is 5.58. The summed E-state index contributed by atoms with van der Waals surface area (Å²) in [6.45, 7) is 3.62. The second kappa shape index (κ2) is 4.41. The second-order valence-electron chi connectivity index (χ2n) is 1.30. The zero-order valence-corrected chi connectivity index (χ0v) is 5.40. The molecule has 0 aliphatic carbocycles. The molecule has 0 aromatic heterocycles. The molecular weight excluding hydrogens is 112 g/mol. The van der Waals surface area contributed by atoms with Crippen LogP contribution in [0.4, 0.5) is 0 Å². The van der Waals surface area contributed by atoms with E-state index in [0.717, 1.165) is 6.42 Å². The van der Waals surface area contributed by atoms with Gasteiger partial charge in [0.15, 0.2) is 0 Å². The Bertz CT molecular complexity index is 39.1. The maximum Gasteiger partial charge on any atom is 0.101 e. The second-order valence-corrected chi connectivity index (χ2v) is 1.86. The molecule has 0 N–H and O–H groups in total. The largest absolute Gasteiger partial charge is 0.377 e. The van der Waals surface area contributed by atoms with E-state index >= 15 is 0 Å². The minimum atomic E-state index is 0.0741. The van der Waals surface area contributed by atoms with Gasteiger partial charge in [-0.25, -0.2) is 0 Å². The molecule has 1 radical (unpaired) electrons. The summed E-state index contributed by atoms with van der Waals surface area (Å²) in [4.78, 5) is 0. The Morgan fingerprint density at radius 3 is 2.57 bits per heavy atom. The van der Waals surface area contributed by atoms with Gasteiger partial charge in [-0.2, -0.15) is 0 Å². The van der Waals surface area contributed by atoms with Crippen LogP contribution in [0.1, 0.15) is 13.3 Å². The molecule has 0 fully saturated rings. The zero-order valence-electron chi connectivity index (χ0n) is 4.65. The van der Waals surface area contributed by atoms with Crippen molar-refractivity contribution in [3.8, 4) is 0 Å². The molecule has 0 aromatic rings. The van der Waals surface area contributed by atoms with Gasteiger partial charge in [-0.15, -0.1) is 11.6 Å². The van der Waals surface area contributed by atoms with Gasteiger partial charge in [0, 0.05) is 7.11 Å². The number of methoxy groups -OCH3 is 1. The first-order chi connectivity index (χ1) is 3.31. The van der Waals surface area contributed by atoms with Crippen molar-refractivity contribution in [1.29, 1.82) is 0 Å². The zero-order chi connectivity index (χ0) is 5.70. The molecule has 0 spiro atoms. The summed E-state index contributed by atoms with van der Waals surface area (Å²) in [6.07, 6.45) is 0.926. The van der Waals surface area contributed by atoms with E-state index in [1.54, 1.807) is 13.7 Å². The average Bonchev–Trinajstić information content (AvgIpc) is 1.68. The van der Waals surface area contributed by atoms with Crippen molar-refractivity contribution in [2.24, 2.45) is 0 Å². The molecule has 0 amide bonds. The third-order valence-corrected chi connectivity index (χ3v) is 1.09. The highest BCUT2D eigenvalue weighted by atomic mass is 35.5. The minimum absolute atomic E-state index is 0.0741. The van der Waals surface area contributed by atoms with Crippen molar-refractivity contribution in [3.05, 3.63) is 6.61 Å². The van der Waals surface area contributed by atoms with Crippen LogP contribution in [-0.4, -0.2) is 12.5 Å². The van der Waals surface area contributed by atoms with Crippen molar-refractivity contribution in [3.63, 3.8) is 0 Å². The lowest BCUT2D eigenvalue weighted by Gasteiger charge is -1.99. The van der Waals surface area contributed by atoms with E-state index in [1.165, 1.54) is 0 Å². The number of hydrogen-bond donors (Lipinski definition) is 0. The van der Waals surface area contributed by atoms with Crippen molar-refractivity contribution in [1.82, 2.24) is 0 Å². The van der Waals surface area contributed by atoms with Gasteiger partial charge in [0.2, 0.25) is 0 Å². The van der Waals surface area contributed by atoms with Crippen LogP contribution in [0.5, 0.6) is 0 Å². The third kappa shape index (κ3) is 4.10. The summed E-state index contributed by atoms with van der Waals surface area (Å²) in [5.41, 5.74) is 0. The lowest BCUT2D eigenvalue weighted by molar-refractivity contribution is 0.266. The molecule has 1 nitrogen and oxygen atoms in total. The summed E-state index contributed by atoms with van der Waals surface area (Å²) in [5.74, 6) is 0. The third-order valence-electron chi connectivity index (χ3n) is 0.674. The maximum atomic E-state index is 5.58. The first-order valence-electron chi connectivity index (χ1n) is 2.31. The lowest BCUT2D eigenvalue weighted by Crippen LogP contribution is -1.96. The summed E-state index contributed by atoms with van der Waals surface area (Å²) in [7, 11) is 1.60.